The molecule has 0 aliphatic heterocycles. The van der Waals surface area contributed by atoms with Crippen LogP contribution in [0.3, 0.4) is 0 Å². The average Bonchev–Trinajstić information content (AvgIpc) is 2.34. The number of thioether (sulfide) groups is 1. The minimum Gasteiger partial charge on any atom is -0.126 e. The SMILES string of the molecule is CCCCC(CC)CSc1cccc(C)c1C. The fraction of sp³-hybridized carbons (Fsp3) is 0.625. The normalized spacial score (nSPS) is 12.7. The third-order valence-electron chi connectivity index (χ3n) is 3.57. The van der Waals surface area contributed by atoms with Crippen LogP contribution in [0.5, 0.6) is 0 Å². The van der Waals surface area contributed by atoms with Gasteiger partial charge in [0, 0.05) is 10.6 Å². The van der Waals surface area contributed by atoms with Crippen LogP contribution in [0, 0.1) is 19.8 Å². The van der Waals surface area contributed by atoms with E-state index in [4.69, 9.17) is 0 Å². The summed E-state index contributed by atoms with van der Waals surface area (Å²) < 4.78 is 0. The van der Waals surface area contributed by atoms with E-state index in [9.17, 15) is 0 Å². The first-order chi connectivity index (χ1) is 8.19. The highest BCUT2D eigenvalue weighted by atomic mass is 32.2. The molecular formula is C16H26S. The molecule has 0 spiro atoms. The van der Waals surface area contributed by atoms with Crippen LogP contribution in [0.2, 0.25) is 0 Å². The summed E-state index contributed by atoms with van der Waals surface area (Å²) in [4.78, 5) is 1.47. The van der Waals surface area contributed by atoms with Gasteiger partial charge in [-0.3, -0.25) is 0 Å². The van der Waals surface area contributed by atoms with Crippen molar-refractivity contribution in [3.05, 3.63) is 29.3 Å². The third-order valence-corrected chi connectivity index (χ3v) is 4.96. The zero-order valence-corrected chi connectivity index (χ0v) is 12.6. The molecule has 1 atom stereocenters. The maximum atomic E-state index is 2.32. The van der Waals surface area contributed by atoms with Crippen molar-refractivity contribution in [2.45, 2.75) is 58.3 Å². The maximum absolute atomic E-state index is 2.32. The summed E-state index contributed by atoms with van der Waals surface area (Å²) in [7, 11) is 0. The highest BCUT2D eigenvalue weighted by Crippen LogP contribution is 2.28. The maximum Gasteiger partial charge on any atom is 0.0104 e. The average molecular weight is 250 g/mol. The molecule has 0 saturated heterocycles. The van der Waals surface area contributed by atoms with Crippen LogP contribution in [-0.4, -0.2) is 5.75 Å². The molecule has 0 N–H and O–H groups in total. The Hall–Kier alpha value is -0.430. The summed E-state index contributed by atoms with van der Waals surface area (Å²) in [5.74, 6) is 2.17. The van der Waals surface area contributed by atoms with E-state index in [1.54, 1.807) is 0 Å². The third kappa shape index (κ3) is 4.75. The first kappa shape index (κ1) is 14.6. The van der Waals surface area contributed by atoms with Gasteiger partial charge in [-0.25, -0.2) is 0 Å². The first-order valence-corrected chi connectivity index (χ1v) is 7.86. The van der Waals surface area contributed by atoms with Crippen LogP contribution in [0.15, 0.2) is 23.1 Å². The van der Waals surface area contributed by atoms with E-state index in [1.165, 1.54) is 47.5 Å². The fourth-order valence-electron chi connectivity index (χ4n) is 1.99. The molecule has 1 aromatic rings. The van der Waals surface area contributed by atoms with Crippen molar-refractivity contribution in [1.82, 2.24) is 0 Å². The highest BCUT2D eigenvalue weighted by molar-refractivity contribution is 7.99. The predicted octanol–water partition coefficient (Wildman–Crippen LogP) is 5.61. The van der Waals surface area contributed by atoms with E-state index < -0.39 is 0 Å². The Balaban J connectivity index is 2.50. The van der Waals surface area contributed by atoms with E-state index in [1.807, 2.05) is 11.8 Å². The van der Waals surface area contributed by atoms with Gasteiger partial charge in [0.1, 0.15) is 0 Å². The van der Waals surface area contributed by atoms with E-state index >= 15 is 0 Å². The Kier molecular flexibility index (Phi) is 6.72. The number of hydrogen-bond donors (Lipinski definition) is 0. The lowest BCUT2D eigenvalue weighted by atomic mass is 10.0. The van der Waals surface area contributed by atoms with Crippen LogP contribution in [-0.2, 0) is 0 Å². The van der Waals surface area contributed by atoms with Crippen molar-refractivity contribution in [3.63, 3.8) is 0 Å². The number of aryl methyl sites for hydroxylation is 1. The summed E-state index contributed by atoms with van der Waals surface area (Å²) in [6.07, 6.45) is 5.42. The molecule has 0 radical (unpaired) electrons. The summed E-state index contributed by atoms with van der Waals surface area (Å²) in [6, 6.07) is 6.64. The smallest absolute Gasteiger partial charge is 0.0104 e. The molecule has 0 nitrogen and oxygen atoms in total. The zero-order chi connectivity index (χ0) is 12.7. The molecule has 0 aromatic heterocycles. The number of hydrogen-bond acceptors (Lipinski definition) is 1. The molecule has 1 heteroatoms. The lowest BCUT2D eigenvalue weighted by molar-refractivity contribution is 0.499. The lowest BCUT2D eigenvalue weighted by Crippen LogP contribution is -2.02. The van der Waals surface area contributed by atoms with Gasteiger partial charge in [0.25, 0.3) is 0 Å². The zero-order valence-electron chi connectivity index (χ0n) is 11.8. The van der Waals surface area contributed by atoms with E-state index in [2.05, 4.69) is 45.9 Å². The van der Waals surface area contributed by atoms with Gasteiger partial charge in [-0.1, -0.05) is 45.2 Å². The standard InChI is InChI=1S/C16H26S/c1-5-7-10-15(6-2)12-17-16-11-8-9-13(3)14(16)4/h8-9,11,15H,5-7,10,12H2,1-4H3. The largest absolute Gasteiger partial charge is 0.126 e. The van der Waals surface area contributed by atoms with Crippen LogP contribution < -0.4 is 0 Å². The number of unbranched alkanes of at least 4 members (excludes halogenated alkanes) is 1. The summed E-state index contributed by atoms with van der Waals surface area (Å²) >= 11 is 2.04. The van der Waals surface area contributed by atoms with Crippen LogP contribution in [0.1, 0.15) is 50.7 Å². The van der Waals surface area contributed by atoms with Gasteiger partial charge in [0.2, 0.25) is 0 Å². The molecule has 96 valence electrons. The molecule has 0 saturated carbocycles. The van der Waals surface area contributed by atoms with E-state index in [0.717, 1.165) is 5.92 Å². The van der Waals surface area contributed by atoms with Crippen LogP contribution >= 0.6 is 11.8 Å². The highest BCUT2D eigenvalue weighted by Gasteiger charge is 2.08. The number of benzene rings is 1. The second-order valence-corrected chi connectivity index (χ2v) is 5.99. The van der Waals surface area contributed by atoms with E-state index in [-0.39, 0.29) is 0 Å². The molecule has 0 bridgehead atoms. The fourth-order valence-corrected chi connectivity index (χ4v) is 3.36. The minimum atomic E-state index is 0.889. The Morgan fingerprint density at radius 3 is 2.59 bits per heavy atom. The Morgan fingerprint density at radius 2 is 1.94 bits per heavy atom. The molecule has 0 aliphatic rings. The monoisotopic (exact) mass is 250 g/mol. The molecular weight excluding hydrogens is 224 g/mol. The van der Waals surface area contributed by atoms with Gasteiger partial charge in [-0.05, 0) is 43.4 Å². The van der Waals surface area contributed by atoms with Gasteiger partial charge >= 0.3 is 0 Å². The van der Waals surface area contributed by atoms with Crippen LogP contribution in [0.4, 0.5) is 0 Å². The van der Waals surface area contributed by atoms with Crippen LogP contribution in [0.25, 0.3) is 0 Å². The Morgan fingerprint density at radius 1 is 1.18 bits per heavy atom. The van der Waals surface area contributed by atoms with Crippen molar-refractivity contribution in [3.8, 4) is 0 Å². The molecule has 1 unspecified atom stereocenters. The lowest BCUT2D eigenvalue weighted by Gasteiger charge is -2.15. The summed E-state index contributed by atoms with van der Waals surface area (Å²) in [5, 5.41) is 0. The quantitative estimate of drug-likeness (QED) is 0.567. The second-order valence-electron chi connectivity index (χ2n) is 4.93. The van der Waals surface area contributed by atoms with Crippen molar-refractivity contribution < 1.29 is 0 Å². The van der Waals surface area contributed by atoms with Crippen molar-refractivity contribution in [1.29, 1.82) is 0 Å². The van der Waals surface area contributed by atoms with Crippen molar-refractivity contribution >= 4 is 11.8 Å². The minimum absolute atomic E-state index is 0.889. The topological polar surface area (TPSA) is 0 Å². The Bertz CT molecular complexity index is 330. The summed E-state index contributed by atoms with van der Waals surface area (Å²) in [5.41, 5.74) is 2.87. The molecule has 0 fully saturated rings. The van der Waals surface area contributed by atoms with Gasteiger partial charge in [0.15, 0.2) is 0 Å². The molecule has 1 aromatic carbocycles. The van der Waals surface area contributed by atoms with Gasteiger partial charge in [-0.15, -0.1) is 11.8 Å². The van der Waals surface area contributed by atoms with Gasteiger partial charge in [0.05, 0.1) is 0 Å². The Labute approximate surface area is 111 Å². The molecule has 1 rings (SSSR count). The first-order valence-electron chi connectivity index (χ1n) is 6.88. The molecule has 0 aliphatic carbocycles. The summed E-state index contributed by atoms with van der Waals surface area (Å²) in [6.45, 7) is 9.05. The molecule has 17 heavy (non-hydrogen) atoms. The van der Waals surface area contributed by atoms with Crippen molar-refractivity contribution in [2.24, 2.45) is 5.92 Å². The molecule has 0 heterocycles. The predicted molar refractivity (Wildman–Crippen MR) is 79.9 cm³/mol. The molecule has 0 amide bonds. The van der Waals surface area contributed by atoms with Gasteiger partial charge in [-0.2, -0.15) is 0 Å². The van der Waals surface area contributed by atoms with Crippen molar-refractivity contribution in [2.75, 3.05) is 5.75 Å². The second kappa shape index (κ2) is 7.81. The number of rotatable bonds is 7. The van der Waals surface area contributed by atoms with E-state index in [0.29, 0.717) is 0 Å². The van der Waals surface area contributed by atoms with Gasteiger partial charge < -0.3 is 0 Å².